The summed E-state index contributed by atoms with van der Waals surface area (Å²) in [6.07, 6.45) is 3.32. The van der Waals surface area contributed by atoms with Crippen molar-refractivity contribution in [2.24, 2.45) is 0 Å². The van der Waals surface area contributed by atoms with Crippen LogP contribution in [0.25, 0.3) is 0 Å². The Hall–Kier alpha value is -1.81. The largest absolute Gasteiger partial charge is 0.357 e. The molecule has 0 spiro atoms. The number of benzene rings is 1. The molecule has 0 amide bonds. The first-order valence-corrected chi connectivity index (χ1v) is 7.11. The minimum absolute atomic E-state index is 0.0947. The molecule has 0 aliphatic heterocycles. The Bertz CT molecular complexity index is 610. The highest BCUT2D eigenvalue weighted by atomic mass is 35.5. The number of alkyl halides is 1. The van der Waals surface area contributed by atoms with Gasteiger partial charge < -0.3 is 9.88 Å². The van der Waals surface area contributed by atoms with Crippen LogP contribution in [0, 0.1) is 0 Å². The predicted molar refractivity (Wildman–Crippen MR) is 82.4 cm³/mol. The number of anilines is 1. The molecule has 1 unspecified atom stereocenters. The van der Waals surface area contributed by atoms with Crippen molar-refractivity contribution in [3.8, 4) is 0 Å². The van der Waals surface area contributed by atoms with Crippen molar-refractivity contribution in [1.82, 2.24) is 9.55 Å². The van der Waals surface area contributed by atoms with Crippen molar-refractivity contribution in [3.63, 3.8) is 0 Å². The maximum absolute atomic E-state index is 12.3. The highest BCUT2D eigenvalue weighted by Crippen LogP contribution is 2.18. The van der Waals surface area contributed by atoms with Gasteiger partial charge in [0, 0.05) is 24.3 Å². The fourth-order valence-corrected chi connectivity index (χ4v) is 2.25. The van der Waals surface area contributed by atoms with E-state index in [-0.39, 0.29) is 17.6 Å². The molecule has 0 saturated carbocycles. The minimum atomic E-state index is -0.138. The van der Waals surface area contributed by atoms with E-state index in [4.69, 9.17) is 11.6 Å². The molecule has 0 fully saturated rings. The van der Waals surface area contributed by atoms with E-state index >= 15 is 0 Å². The summed E-state index contributed by atoms with van der Waals surface area (Å²) in [4.78, 5) is 16.4. The van der Waals surface area contributed by atoms with Crippen molar-refractivity contribution in [1.29, 1.82) is 0 Å². The van der Waals surface area contributed by atoms with E-state index in [2.05, 4.69) is 10.3 Å². The highest BCUT2D eigenvalue weighted by molar-refractivity contribution is 6.18. The molecule has 1 aromatic carbocycles. The van der Waals surface area contributed by atoms with Crippen molar-refractivity contribution < 1.29 is 0 Å². The lowest BCUT2D eigenvalue weighted by Gasteiger charge is -2.18. The fraction of sp³-hybridized carbons (Fsp3) is 0.333. The first-order chi connectivity index (χ1) is 9.63. The zero-order valence-corrected chi connectivity index (χ0v) is 12.3. The quantitative estimate of drug-likeness (QED) is 0.861. The van der Waals surface area contributed by atoms with Crippen LogP contribution in [0.2, 0.25) is 0 Å². The van der Waals surface area contributed by atoms with Gasteiger partial charge in [-0.1, -0.05) is 30.3 Å². The molecule has 2 rings (SSSR count). The van der Waals surface area contributed by atoms with E-state index in [1.165, 1.54) is 0 Å². The maximum atomic E-state index is 12.3. The molecule has 1 heterocycles. The van der Waals surface area contributed by atoms with Crippen LogP contribution in [0.5, 0.6) is 0 Å². The van der Waals surface area contributed by atoms with Crippen molar-refractivity contribution in [2.45, 2.75) is 25.9 Å². The second-order valence-corrected chi connectivity index (χ2v) is 5.15. The smallest absolute Gasteiger partial charge is 0.293 e. The Labute approximate surface area is 123 Å². The molecule has 0 aliphatic carbocycles. The lowest BCUT2D eigenvalue weighted by Crippen LogP contribution is -2.27. The van der Waals surface area contributed by atoms with E-state index in [9.17, 15) is 4.79 Å². The highest BCUT2D eigenvalue weighted by Gasteiger charge is 2.14. The van der Waals surface area contributed by atoms with E-state index < -0.39 is 0 Å². The zero-order valence-electron chi connectivity index (χ0n) is 11.6. The van der Waals surface area contributed by atoms with Gasteiger partial charge in [-0.3, -0.25) is 4.79 Å². The molecule has 1 atom stereocenters. The molecular formula is C15H18ClN3O. The summed E-state index contributed by atoms with van der Waals surface area (Å²) in [7, 11) is 0. The van der Waals surface area contributed by atoms with Crippen molar-refractivity contribution in [3.05, 3.63) is 58.6 Å². The Morgan fingerprint density at radius 2 is 2.00 bits per heavy atom. The lowest BCUT2D eigenvalue weighted by atomic mass is 10.1. The Balaban J connectivity index is 2.29. The zero-order chi connectivity index (χ0) is 14.5. The lowest BCUT2D eigenvalue weighted by molar-refractivity contribution is 0.574. The molecule has 106 valence electrons. The third-order valence-electron chi connectivity index (χ3n) is 3.09. The van der Waals surface area contributed by atoms with Crippen LogP contribution in [-0.4, -0.2) is 15.4 Å². The number of halogens is 1. The van der Waals surface area contributed by atoms with Crippen molar-refractivity contribution in [2.75, 3.05) is 11.2 Å². The second-order valence-electron chi connectivity index (χ2n) is 4.84. The van der Waals surface area contributed by atoms with Crippen LogP contribution >= 0.6 is 11.6 Å². The van der Waals surface area contributed by atoms with Gasteiger partial charge in [-0.2, -0.15) is 0 Å². The number of aromatic nitrogens is 2. The number of hydrogen-bond donors (Lipinski definition) is 1. The summed E-state index contributed by atoms with van der Waals surface area (Å²) in [6.45, 7) is 3.92. The second kappa shape index (κ2) is 6.57. The molecular weight excluding hydrogens is 274 g/mol. The van der Waals surface area contributed by atoms with Gasteiger partial charge in [0.2, 0.25) is 0 Å². The standard InChI is InChI=1S/C15H18ClN3O/c1-11(2)19-9-8-17-14(15(19)20)18-13(10-16)12-6-4-3-5-7-12/h3-9,11,13H,10H2,1-2H3,(H,17,18). The van der Waals surface area contributed by atoms with Gasteiger partial charge in [0.05, 0.1) is 6.04 Å². The van der Waals surface area contributed by atoms with Gasteiger partial charge in [-0.05, 0) is 19.4 Å². The first kappa shape index (κ1) is 14.6. The molecule has 0 saturated heterocycles. The van der Waals surface area contributed by atoms with E-state index in [0.717, 1.165) is 5.56 Å². The number of rotatable bonds is 5. The SMILES string of the molecule is CC(C)n1ccnc(NC(CCl)c2ccccc2)c1=O. The van der Waals surface area contributed by atoms with Crippen LogP contribution in [0.1, 0.15) is 31.5 Å². The predicted octanol–water partition coefficient (Wildman–Crippen LogP) is 3.22. The normalized spacial score (nSPS) is 12.4. The Morgan fingerprint density at radius 1 is 1.30 bits per heavy atom. The Morgan fingerprint density at radius 3 is 2.60 bits per heavy atom. The molecule has 0 aliphatic rings. The van der Waals surface area contributed by atoms with Gasteiger partial charge in [-0.15, -0.1) is 11.6 Å². The number of hydrogen-bond acceptors (Lipinski definition) is 3. The number of nitrogens with zero attached hydrogens (tertiary/aromatic N) is 2. The van der Waals surface area contributed by atoms with Crippen LogP contribution in [0.4, 0.5) is 5.82 Å². The van der Waals surface area contributed by atoms with Crippen LogP contribution in [0.15, 0.2) is 47.5 Å². The Kier molecular flexibility index (Phi) is 4.79. The summed E-state index contributed by atoms with van der Waals surface area (Å²) in [5, 5.41) is 3.13. The first-order valence-electron chi connectivity index (χ1n) is 6.58. The number of nitrogens with one attached hydrogen (secondary N) is 1. The van der Waals surface area contributed by atoms with Crippen LogP contribution in [-0.2, 0) is 0 Å². The maximum Gasteiger partial charge on any atom is 0.293 e. The third kappa shape index (κ3) is 3.20. The summed E-state index contributed by atoms with van der Waals surface area (Å²) in [5.74, 6) is 0.692. The summed E-state index contributed by atoms with van der Waals surface area (Å²) < 4.78 is 1.64. The van der Waals surface area contributed by atoms with Crippen molar-refractivity contribution >= 4 is 17.4 Å². The van der Waals surface area contributed by atoms with E-state index in [1.54, 1.807) is 17.0 Å². The molecule has 0 radical (unpaired) electrons. The topological polar surface area (TPSA) is 46.9 Å². The molecule has 4 nitrogen and oxygen atoms in total. The molecule has 20 heavy (non-hydrogen) atoms. The minimum Gasteiger partial charge on any atom is -0.357 e. The van der Waals surface area contributed by atoms with Gasteiger partial charge in [0.25, 0.3) is 5.56 Å². The van der Waals surface area contributed by atoms with E-state index in [1.807, 2.05) is 44.2 Å². The fourth-order valence-electron chi connectivity index (χ4n) is 1.99. The average Bonchev–Trinajstić information content (AvgIpc) is 2.47. The van der Waals surface area contributed by atoms with Gasteiger partial charge in [0.1, 0.15) is 0 Å². The average molecular weight is 292 g/mol. The summed E-state index contributed by atoms with van der Waals surface area (Å²) in [5.41, 5.74) is 0.900. The summed E-state index contributed by atoms with van der Waals surface area (Å²) >= 11 is 6.01. The third-order valence-corrected chi connectivity index (χ3v) is 3.40. The summed E-state index contributed by atoms with van der Waals surface area (Å²) in [6, 6.07) is 9.75. The molecule has 1 N–H and O–H groups in total. The molecule has 5 heteroatoms. The molecule has 0 bridgehead atoms. The molecule has 2 aromatic rings. The van der Waals surface area contributed by atoms with Gasteiger partial charge in [0.15, 0.2) is 5.82 Å². The van der Waals surface area contributed by atoms with E-state index in [0.29, 0.717) is 11.7 Å². The van der Waals surface area contributed by atoms with Gasteiger partial charge >= 0.3 is 0 Å². The van der Waals surface area contributed by atoms with Gasteiger partial charge in [-0.25, -0.2) is 4.98 Å². The van der Waals surface area contributed by atoms with Crippen LogP contribution in [0.3, 0.4) is 0 Å². The van der Waals surface area contributed by atoms with Crippen LogP contribution < -0.4 is 10.9 Å². The monoisotopic (exact) mass is 291 g/mol. The molecule has 1 aromatic heterocycles.